The van der Waals surface area contributed by atoms with Crippen molar-refractivity contribution in [1.29, 1.82) is 0 Å². The zero-order valence-corrected chi connectivity index (χ0v) is 10.5. The summed E-state index contributed by atoms with van der Waals surface area (Å²) in [5, 5.41) is 3.75. The highest BCUT2D eigenvalue weighted by atomic mass is 15.0. The fourth-order valence-corrected chi connectivity index (χ4v) is 3.51. The van der Waals surface area contributed by atoms with Crippen molar-refractivity contribution in [2.45, 2.75) is 46.1 Å². The summed E-state index contributed by atoms with van der Waals surface area (Å²) < 4.78 is 0. The van der Waals surface area contributed by atoms with Crippen LogP contribution in [0.1, 0.15) is 40.0 Å². The van der Waals surface area contributed by atoms with Crippen molar-refractivity contribution in [2.24, 2.45) is 11.8 Å². The fraction of sp³-hybridized carbons (Fsp3) is 0.600. The van der Waals surface area contributed by atoms with E-state index in [4.69, 9.17) is 0 Å². The second kappa shape index (κ2) is 3.51. The predicted molar refractivity (Wildman–Crippen MR) is 68.0 cm³/mol. The number of rotatable bonds is 0. The van der Waals surface area contributed by atoms with Crippen LogP contribution in [0.5, 0.6) is 0 Å². The first-order chi connectivity index (χ1) is 7.65. The van der Waals surface area contributed by atoms with Crippen molar-refractivity contribution in [3.8, 4) is 0 Å². The van der Waals surface area contributed by atoms with E-state index in [1.165, 1.54) is 30.4 Å². The molecule has 0 saturated carbocycles. The molecule has 3 unspecified atom stereocenters. The summed E-state index contributed by atoms with van der Waals surface area (Å²) in [6, 6.07) is 0.569. The molecule has 1 aliphatic heterocycles. The molecule has 3 atom stereocenters. The van der Waals surface area contributed by atoms with E-state index >= 15 is 0 Å². The van der Waals surface area contributed by atoms with E-state index in [2.05, 4.69) is 38.2 Å². The Kier molecular flexibility index (Phi) is 2.24. The second-order valence-corrected chi connectivity index (χ2v) is 5.80. The molecule has 3 aliphatic rings. The van der Waals surface area contributed by atoms with Crippen LogP contribution in [0, 0.1) is 11.8 Å². The van der Waals surface area contributed by atoms with Crippen LogP contribution in [0.15, 0.2) is 34.6 Å². The van der Waals surface area contributed by atoms with Crippen molar-refractivity contribution < 1.29 is 0 Å². The number of allylic oxidation sites excluding steroid dienone is 3. The molecule has 0 aromatic heterocycles. The van der Waals surface area contributed by atoms with E-state index < -0.39 is 0 Å². The third kappa shape index (κ3) is 1.45. The smallest absolute Gasteiger partial charge is 0.0572 e. The number of hydrogen-bond acceptors (Lipinski definition) is 1. The average molecular weight is 215 g/mol. The molecule has 0 amide bonds. The lowest BCUT2D eigenvalue weighted by Gasteiger charge is -2.26. The summed E-state index contributed by atoms with van der Waals surface area (Å²) in [6.07, 6.45) is 8.72. The SMILES string of the molecule is CC1=CC2C3=C(CCC(C)C3)NC2C(C)=C1. The topological polar surface area (TPSA) is 12.0 Å². The lowest BCUT2D eigenvalue weighted by atomic mass is 9.78. The summed E-state index contributed by atoms with van der Waals surface area (Å²) in [6.45, 7) is 6.88. The first-order valence-corrected chi connectivity index (χ1v) is 6.50. The minimum atomic E-state index is 0.569. The van der Waals surface area contributed by atoms with Gasteiger partial charge in [-0.25, -0.2) is 0 Å². The van der Waals surface area contributed by atoms with Crippen molar-refractivity contribution in [3.05, 3.63) is 34.6 Å². The second-order valence-electron chi connectivity index (χ2n) is 5.80. The molecule has 0 radical (unpaired) electrons. The maximum Gasteiger partial charge on any atom is 0.0572 e. The molecule has 0 bridgehead atoms. The molecule has 0 saturated heterocycles. The van der Waals surface area contributed by atoms with Gasteiger partial charge in [-0.05, 0) is 44.6 Å². The third-order valence-corrected chi connectivity index (χ3v) is 4.32. The Bertz CT molecular complexity index is 411. The minimum absolute atomic E-state index is 0.569. The predicted octanol–water partition coefficient (Wildman–Crippen LogP) is 3.55. The molecule has 1 N–H and O–H groups in total. The quantitative estimate of drug-likeness (QED) is 0.651. The maximum atomic E-state index is 3.75. The van der Waals surface area contributed by atoms with Gasteiger partial charge in [0.05, 0.1) is 6.04 Å². The Morgan fingerprint density at radius 2 is 2.12 bits per heavy atom. The molecular weight excluding hydrogens is 194 g/mol. The van der Waals surface area contributed by atoms with Crippen LogP contribution in [-0.2, 0) is 0 Å². The molecule has 1 nitrogen and oxygen atoms in total. The molecule has 0 spiro atoms. The molecule has 1 heteroatoms. The summed E-state index contributed by atoms with van der Waals surface area (Å²) in [7, 11) is 0. The summed E-state index contributed by atoms with van der Waals surface area (Å²) in [5.41, 5.74) is 6.21. The van der Waals surface area contributed by atoms with Gasteiger partial charge >= 0.3 is 0 Å². The molecule has 3 rings (SSSR count). The molecule has 0 aromatic rings. The highest BCUT2D eigenvalue weighted by Crippen LogP contribution is 2.42. The number of fused-ring (bicyclic) bond motifs is 2. The van der Waals surface area contributed by atoms with Crippen LogP contribution in [0.25, 0.3) is 0 Å². The van der Waals surface area contributed by atoms with E-state index in [0.29, 0.717) is 12.0 Å². The molecule has 2 aliphatic carbocycles. The van der Waals surface area contributed by atoms with Gasteiger partial charge < -0.3 is 5.32 Å². The summed E-state index contributed by atoms with van der Waals surface area (Å²) in [4.78, 5) is 0. The van der Waals surface area contributed by atoms with Crippen molar-refractivity contribution in [3.63, 3.8) is 0 Å². The standard InChI is InChI=1S/C15H21N/c1-9-4-5-14-12(7-9)13-8-10(2)6-11(3)15(13)16-14/h6,8-9,13,15-16H,4-5,7H2,1-3H3. The number of nitrogens with one attached hydrogen (secondary N) is 1. The van der Waals surface area contributed by atoms with Gasteiger partial charge in [-0.2, -0.15) is 0 Å². The first kappa shape index (κ1) is 10.2. The lowest BCUT2D eigenvalue weighted by molar-refractivity contribution is 0.484. The van der Waals surface area contributed by atoms with Crippen molar-refractivity contribution in [1.82, 2.24) is 5.32 Å². The van der Waals surface area contributed by atoms with Gasteiger partial charge in [0.25, 0.3) is 0 Å². The Labute approximate surface area is 98.3 Å². The summed E-state index contributed by atoms with van der Waals surface area (Å²) >= 11 is 0. The van der Waals surface area contributed by atoms with Crippen LogP contribution in [-0.4, -0.2) is 6.04 Å². The van der Waals surface area contributed by atoms with E-state index in [1.54, 1.807) is 11.3 Å². The van der Waals surface area contributed by atoms with Crippen LogP contribution in [0.3, 0.4) is 0 Å². The normalized spacial score (nSPS) is 37.3. The highest BCUT2D eigenvalue weighted by molar-refractivity contribution is 5.43. The van der Waals surface area contributed by atoms with Gasteiger partial charge in [0.1, 0.15) is 0 Å². The molecule has 86 valence electrons. The Balaban J connectivity index is 1.96. The zero-order chi connectivity index (χ0) is 11.3. The number of hydrogen-bond donors (Lipinski definition) is 1. The lowest BCUT2D eigenvalue weighted by Crippen LogP contribution is -2.31. The van der Waals surface area contributed by atoms with Gasteiger partial charge in [0.2, 0.25) is 0 Å². The molecule has 0 aromatic carbocycles. The maximum absolute atomic E-state index is 3.75. The highest BCUT2D eigenvalue weighted by Gasteiger charge is 2.37. The van der Waals surface area contributed by atoms with Gasteiger partial charge in [-0.3, -0.25) is 0 Å². The van der Waals surface area contributed by atoms with Gasteiger partial charge in [-0.1, -0.05) is 30.2 Å². The van der Waals surface area contributed by atoms with E-state index in [-0.39, 0.29) is 0 Å². The van der Waals surface area contributed by atoms with E-state index in [0.717, 1.165) is 5.92 Å². The minimum Gasteiger partial charge on any atom is -0.381 e. The third-order valence-electron chi connectivity index (χ3n) is 4.32. The van der Waals surface area contributed by atoms with E-state index in [9.17, 15) is 0 Å². The van der Waals surface area contributed by atoms with Crippen molar-refractivity contribution >= 4 is 0 Å². The average Bonchev–Trinajstić information content (AvgIpc) is 2.57. The van der Waals surface area contributed by atoms with Crippen LogP contribution >= 0.6 is 0 Å². The Morgan fingerprint density at radius 1 is 1.31 bits per heavy atom. The van der Waals surface area contributed by atoms with Gasteiger partial charge in [-0.15, -0.1) is 0 Å². The van der Waals surface area contributed by atoms with Crippen molar-refractivity contribution in [2.75, 3.05) is 0 Å². The monoisotopic (exact) mass is 215 g/mol. The molecule has 0 fully saturated rings. The van der Waals surface area contributed by atoms with Crippen LogP contribution in [0.2, 0.25) is 0 Å². The molecule has 1 heterocycles. The zero-order valence-electron chi connectivity index (χ0n) is 10.5. The fourth-order valence-electron chi connectivity index (χ4n) is 3.51. The molecule has 16 heavy (non-hydrogen) atoms. The van der Waals surface area contributed by atoms with Crippen LogP contribution < -0.4 is 5.32 Å². The first-order valence-electron chi connectivity index (χ1n) is 6.50. The Hall–Kier alpha value is -0.980. The largest absolute Gasteiger partial charge is 0.381 e. The van der Waals surface area contributed by atoms with E-state index in [1.807, 2.05) is 0 Å². The van der Waals surface area contributed by atoms with Gasteiger partial charge in [0.15, 0.2) is 0 Å². The van der Waals surface area contributed by atoms with Gasteiger partial charge in [0, 0.05) is 11.6 Å². The van der Waals surface area contributed by atoms with Crippen LogP contribution in [0.4, 0.5) is 0 Å². The Morgan fingerprint density at radius 3 is 2.94 bits per heavy atom. The molecular formula is C15H21N. The summed E-state index contributed by atoms with van der Waals surface area (Å²) in [5.74, 6) is 1.53.